The normalized spacial score (nSPS) is 10.5. The molecule has 0 atom stereocenters. The zero-order chi connectivity index (χ0) is 13.5. The van der Waals surface area contributed by atoms with E-state index in [2.05, 4.69) is 11.4 Å². The molecule has 0 saturated carbocycles. The van der Waals surface area contributed by atoms with Crippen LogP contribution in [0.1, 0.15) is 44.7 Å². The summed E-state index contributed by atoms with van der Waals surface area (Å²) in [5.41, 5.74) is 2.21. The third-order valence-corrected chi connectivity index (χ3v) is 2.57. The molecule has 1 rings (SSSR count). The van der Waals surface area contributed by atoms with Crippen LogP contribution in [0.5, 0.6) is 5.75 Å². The Labute approximate surface area is 110 Å². The minimum absolute atomic E-state index is 0.109. The Kier molecular flexibility index (Phi) is 5.69. The van der Waals surface area contributed by atoms with Crippen molar-refractivity contribution in [1.82, 2.24) is 5.32 Å². The molecule has 0 aromatic heterocycles. The van der Waals surface area contributed by atoms with Crippen LogP contribution in [0, 0.1) is 6.92 Å². The van der Waals surface area contributed by atoms with E-state index in [-0.39, 0.29) is 12.0 Å². The number of ether oxygens (including phenoxy) is 1. The van der Waals surface area contributed by atoms with Crippen LogP contribution in [0.4, 0.5) is 0 Å². The van der Waals surface area contributed by atoms with Crippen LogP contribution in [0.2, 0.25) is 0 Å². The van der Waals surface area contributed by atoms with Gasteiger partial charge in [0.1, 0.15) is 5.75 Å². The molecule has 1 aromatic carbocycles. The lowest BCUT2D eigenvalue weighted by Gasteiger charge is -2.13. The summed E-state index contributed by atoms with van der Waals surface area (Å²) in [4.78, 5) is 11.4. The third-order valence-electron chi connectivity index (χ3n) is 2.57. The Hall–Kier alpha value is -1.51. The molecule has 0 bridgehead atoms. The molecular weight excluding hydrogens is 226 g/mol. The lowest BCUT2D eigenvalue weighted by atomic mass is 10.1. The van der Waals surface area contributed by atoms with Crippen molar-refractivity contribution in [2.75, 3.05) is 0 Å². The first kappa shape index (κ1) is 14.6. The van der Waals surface area contributed by atoms with Gasteiger partial charge in [0, 0.05) is 13.0 Å². The van der Waals surface area contributed by atoms with Gasteiger partial charge in [-0.05, 0) is 44.4 Å². The molecule has 1 amide bonds. The Bertz CT molecular complexity index is 399. The second-order valence-corrected chi connectivity index (χ2v) is 4.79. The minimum Gasteiger partial charge on any atom is -0.491 e. The maximum Gasteiger partial charge on any atom is 0.220 e. The number of carbonyl (C=O) groups excluding carboxylic acids is 1. The smallest absolute Gasteiger partial charge is 0.220 e. The first-order valence-electron chi connectivity index (χ1n) is 6.55. The second-order valence-electron chi connectivity index (χ2n) is 4.79. The van der Waals surface area contributed by atoms with E-state index in [9.17, 15) is 4.79 Å². The van der Waals surface area contributed by atoms with Crippen LogP contribution in [0.15, 0.2) is 18.2 Å². The van der Waals surface area contributed by atoms with E-state index < -0.39 is 0 Å². The molecule has 0 spiro atoms. The molecule has 1 N–H and O–H groups in total. The molecular formula is C15H23NO2. The second kappa shape index (κ2) is 7.04. The first-order chi connectivity index (χ1) is 8.52. The Morgan fingerprint density at radius 3 is 2.67 bits per heavy atom. The van der Waals surface area contributed by atoms with Gasteiger partial charge < -0.3 is 10.1 Å². The van der Waals surface area contributed by atoms with Crippen molar-refractivity contribution in [3.05, 3.63) is 29.3 Å². The number of nitrogens with one attached hydrogen (secondary N) is 1. The van der Waals surface area contributed by atoms with Crippen molar-refractivity contribution in [3.63, 3.8) is 0 Å². The summed E-state index contributed by atoms with van der Waals surface area (Å²) in [6.45, 7) is 8.63. The Morgan fingerprint density at radius 2 is 2.11 bits per heavy atom. The molecule has 100 valence electrons. The molecule has 0 heterocycles. The molecule has 1 aromatic rings. The highest BCUT2D eigenvalue weighted by Gasteiger charge is 2.04. The van der Waals surface area contributed by atoms with Crippen molar-refractivity contribution in [2.24, 2.45) is 0 Å². The topological polar surface area (TPSA) is 38.3 Å². The highest BCUT2D eigenvalue weighted by atomic mass is 16.5. The zero-order valence-electron chi connectivity index (χ0n) is 11.7. The Morgan fingerprint density at radius 1 is 1.39 bits per heavy atom. The standard InChI is InChI=1S/C15H23NO2/c1-5-6-15(17)16-10-13-7-8-14(12(4)9-13)18-11(2)3/h7-9,11H,5-6,10H2,1-4H3,(H,16,17). The summed E-state index contributed by atoms with van der Waals surface area (Å²) >= 11 is 0. The lowest BCUT2D eigenvalue weighted by molar-refractivity contribution is -0.121. The number of amides is 1. The van der Waals surface area contributed by atoms with Crippen LogP contribution >= 0.6 is 0 Å². The van der Waals surface area contributed by atoms with Crippen molar-refractivity contribution >= 4 is 5.91 Å². The maximum atomic E-state index is 11.4. The largest absolute Gasteiger partial charge is 0.491 e. The number of hydrogen-bond acceptors (Lipinski definition) is 2. The van der Waals surface area contributed by atoms with Crippen molar-refractivity contribution in [2.45, 2.75) is 53.2 Å². The van der Waals surface area contributed by atoms with Gasteiger partial charge >= 0.3 is 0 Å². The zero-order valence-corrected chi connectivity index (χ0v) is 11.7. The average Bonchev–Trinajstić information content (AvgIpc) is 2.29. The Balaban J connectivity index is 2.58. The number of aryl methyl sites for hydroxylation is 1. The van der Waals surface area contributed by atoms with Gasteiger partial charge in [-0.15, -0.1) is 0 Å². The summed E-state index contributed by atoms with van der Waals surface area (Å²) in [5, 5.41) is 2.91. The van der Waals surface area contributed by atoms with Crippen LogP contribution in [-0.2, 0) is 11.3 Å². The van der Waals surface area contributed by atoms with Crippen LogP contribution in [0.25, 0.3) is 0 Å². The van der Waals surface area contributed by atoms with Crippen molar-refractivity contribution < 1.29 is 9.53 Å². The van der Waals surface area contributed by atoms with E-state index in [1.807, 2.05) is 39.8 Å². The van der Waals surface area contributed by atoms with Crippen molar-refractivity contribution in [1.29, 1.82) is 0 Å². The lowest BCUT2D eigenvalue weighted by Crippen LogP contribution is -2.22. The van der Waals surface area contributed by atoms with Gasteiger partial charge in [0.15, 0.2) is 0 Å². The monoisotopic (exact) mass is 249 g/mol. The first-order valence-corrected chi connectivity index (χ1v) is 6.55. The predicted octanol–water partition coefficient (Wildman–Crippen LogP) is 3.20. The van der Waals surface area contributed by atoms with E-state index in [0.29, 0.717) is 13.0 Å². The average molecular weight is 249 g/mol. The molecule has 0 unspecified atom stereocenters. The van der Waals surface area contributed by atoms with Gasteiger partial charge in [-0.25, -0.2) is 0 Å². The maximum absolute atomic E-state index is 11.4. The van der Waals surface area contributed by atoms with E-state index in [1.54, 1.807) is 0 Å². The summed E-state index contributed by atoms with van der Waals surface area (Å²) in [7, 11) is 0. The quantitative estimate of drug-likeness (QED) is 0.840. The van der Waals surface area contributed by atoms with Gasteiger partial charge in [0.2, 0.25) is 5.91 Å². The fourth-order valence-corrected chi connectivity index (χ4v) is 1.72. The highest BCUT2D eigenvalue weighted by Crippen LogP contribution is 2.20. The minimum atomic E-state index is 0.109. The highest BCUT2D eigenvalue weighted by molar-refractivity contribution is 5.75. The van der Waals surface area contributed by atoms with Gasteiger partial charge in [0.25, 0.3) is 0 Å². The van der Waals surface area contributed by atoms with Crippen LogP contribution < -0.4 is 10.1 Å². The van der Waals surface area contributed by atoms with Gasteiger partial charge in [-0.3, -0.25) is 4.79 Å². The summed E-state index contributed by atoms with van der Waals surface area (Å²) in [5.74, 6) is 1.02. The van der Waals surface area contributed by atoms with Gasteiger partial charge in [-0.2, -0.15) is 0 Å². The summed E-state index contributed by atoms with van der Waals surface area (Å²) in [6.07, 6.45) is 1.65. The third kappa shape index (κ3) is 4.78. The van der Waals surface area contributed by atoms with E-state index in [4.69, 9.17) is 4.74 Å². The fraction of sp³-hybridized carbons (Fsp3) is 0.533. The number of hydrogen-bond donors (Lipinski definition) is 1. The summed E-state index contributed by atoms with van der Waals surface area (Å²) < 4.78 is 5.68. The molecule has 0 saturated heterocycles. The molecule has 0 aliphatic carbocycles. The molecule has 3 heteroatoms. The van der Waals surface area contributed by atoms with Gasteiger partial charge in [-0.1, -0.05) is 19.1 Å². The van der Waals surface area contributed by atoms with Gasteiger partial charge in [0.05, 0.1) is 6.10 Å². The summed E-state index contributed by atoms with van der Waals surface area (Å²) in [6, 6.07) is 6.03. The van der Waals surface area contributed by atoms with E-state index in [0.717, 1.165) is 23.3 Å². The van der Waals surface area contributed by atoms with Crippen LogP contribution in [0.3, 0.4) is 0 Å². The van der Waals surface area contributed by atoms with E-state index in [1.165, 1.54) is 0 Å². The fourth-order valence-electron chi connectivity index (χ4n) is 1.72. The molecule has 0 fully saturated rings. The molecule has 0 aliphatic heterocycles. The molecule has 18 heavy (non-hydrogen) atoms. The molecule has 0 radical (unpaired) electrons. The van der Waals surface area contributed by atoms with Crippen LogP contribution in [-0.4, -0.2) is 12.0 Å². The molecule has 3 nitrogen and oxygen atoms in total. The number of carbonyl (C=O) groups is 1. The number of rotatable bonds is 6. The predicted molar refractivity (Wildman–Crippen MR) is 73.7 cm³/mol. The number of benzene rings is 1. The van der Waals surface area contributed by atoms with Crippen molar-refractivity contribution in [3.8, 4) is 5.75 Å². The SMILES string of the molecule is CCCC(=O)NCc1ccc(OC(C)C)c(C)c1. The molecule has 0 aliphatic rings. The van der Waals surface area contributed by atoms with E-state index >= 15 is 0 Å².